The van der Waals surface area contributed by atoms with Crippen LogP contribution < -0.4 is 10.6 Å². The van der Waals surface area contributed by atoms with E-state index in [1.165, 1.54) is 5.56 Å². The van der Waals surface area contributed by atoms with Crippen LogP contribution in [-0.4, -0.2) is 12.5 Å². The van der Waals surface area contributed by atoms with E-state index in [0.29, 0.717) is 22.8 Å². The van der Waals surface area contributed by atoms with Crippen LogP contribution >= 0.6 is 27.5 Å². The third kappa shape index (κ3) is 2.54. The number of hydrogen-bond acceptors (Lipinski definition) is 2. The summed E-state index contributed by atoms with van der Waals surface area (Å²) < 4.78 is 0.780. The quantitative estimate of drug-likeness (QED) is 0.770. The molecular formula is C16H14BrClN2O. The summed E-state index contributed by atoms with van der Waals surface area (Å²) >= 11 is 9.41. The molecule has 0 bridgehead atoms. The lowest BCUT2D eigenvalue weighted by Crippen LogP contribution is -2.28. The molecule has 0 fully saturated rings. The minimum Gasteiger partial charge on any atom is -0.398 e. The highest BCUT2D eigenvalue weighted by atomic mass is 79.9. The van der Waals surface area contributed by atoms with Gasteiger partial charge in [0.05, 0.1) is 5.02 Å². The van der Waals surface area contributed by atoms with Crippen molar-refractivity contribution in [1.82, 2.24) is 0 Å². The number of fused-ring (bicyclic) bond motifs is 1. The van der Waals surface area contributed by atoms with Crippen molar-refractivity contribution in [2.24, 2.45) is 0 Å². The number of aryl methyl sites for hydroxylation is 1. The van der Waals surface area contributed by atoms with E-state index < -0.39 is 0 Å². The van der Waals surface area contributed by atoms with Crippen molar-refractivity contribution in [3.63, 3.8) is 0 Å². The van der Waals surface area contributed by atoms with Crippen LogP contribution in [0.25, 0.3) is 0 Å². The highest BCUT2D eigenvalue weighted by Gasteiger charge is 2.26. The fourth-order valence-electron chi connectivity index (χ4n) is 2.57. The summed E-state index contributed by atoms with van der Waals surface area (Å²) in [5.74, 6) is -0.0496. The van der Waals surface area contributed by atoms with Crippen LogP contribution in [0.1, 0.15) is 21.5 Å². The molecule has 0 aliphatic carbocycles. The van der Waals surface area contributed by atoms with Gasteiger partial charge in [-0.25, -0.2) is 0 Å². The Morgan fingerprint density at radius 3 is 2.81 bits per heavy atom. The number of rotatable bonds is 1. The molecule has 21 heavy (non-hydrogen) atoms. The van der Waals surface area contributed by atoms with Crippen LogP contribution in [-0.2, 0) is 6.42 Å². The third-order valence-corrected chi connectivity index (χ3v) is 5.01. The summed E-state index contributed by atoms with van der Waals surface area (Å²) in [7, 11) is 0. The van der Waals surface area contributed by atoms with Crippen LogP contribution in [0.4, 0.5) is 11.4 Å². The Kier molecular flexibility index (Phi) is 3.68. The summed E-state index contributed by atoms with van der Waals surface area (Å²) in [5.41, 5.74) is 10.4. The van der Waals surface area contributed by atoms with Gasteiger partial charge in [-0.15, -0.1) is 0 Å². The van der Waals surface area contributed by atoms with Gasteiger partial charge < -0.3 is 10.6 Å². The van der Waals surface area contributed by atoms with Crippen molar-refractivity contribution < 1.29 is 4.79 Å². The topological polar surface area (TPSA) is 46.3 Å². The van der Waals surface area contributed by atoms with E-state index in [9.17, 15) is 4.79 Å². The molecule has 1 heterocycles. The number of anilines is 2. The van der Waals surface area contributed by atoms with Gasteiger partial charge in [-0.3, -0.25) is 4.79 Å². The van der Waals surface area contributed by atoms with Crippen molar-refractivity contribution in [2.45, 2.75) is 13.3 Å². The lowest BCUT2D eigenvalue weighted by molar-refractivity contribution is 0.0989. The summed E-state index contributed by atoms with van der Waals surface area (Å²) in [5, 5.41) is 0.531. The van der Waals surface area contributed by atoms with Gasteiger partial charge in [-0.2, -0.15) is 0 Å². The average molecular weight is 366 g/mol. The second kappa shape index (κ2) is 5.35. The number of nitrogen functional groups attached to an aromatic ring is 1. The van der Waals surface area contributed by atoms with Crippen LogP contribution in [0.2, 0.25) is 5.02 Å². The lowest BCUT2D eigenvalue weighted by Gasteiger charge is -2.18. The van der Waals surface area contributed by atoms with Crippen LogP contribution in [0.5, 0.6) is 0 Å². The summed E-state index contributed by atoms with van der Waals surface area (Å²) in [6.07, 6.45) is 0.854. The Bertz CT molecular complexity index is 745. The molecule has 0 aromatic heterocycles. The normalized spacial score (nSPS) is 13.4. The predicted molar refractivity (Wildman–Crippen MR) is 90.1 cm³/mol. The van der Waals surface area contributed by atoms with Gasteiger partial charge in [-0.1, -0.05) is 17.7 Å². The van der Waals surface area contributed by atoms with E-state index in [4.69, 9.17) is 17.3 Å². The molecule has 0 radical (unpaired) electrons. The Morgan fingerprint density at radius 2 is 2.10 bits per heavy atom. The first-order chi connectivity index (χ1) is 9.97. The molecule has 3 rings (SSSR count). The highest BCUT2D eigenvalue weighted by Crippen LogP contribution is 2.33. The molecule has 108 valence electrons. The van der Waals surface area contributed by atoms with Gasteiger partial charge in [0.2, 0.25) is 0 Å². The van der Waals surface area contributed by atoms with Gasteiger partial charge >= 0.3 is 0 Å². The molecule has 2 aromatic carbocycles. The zero-order valence-corrected chi connectivity index (χ0v) is 13.8. The zero-order valence-electron chi connectivity index (χ0n) is 11.5. The monoisotopic (exact) mass is 364 g/mol. The van der Waals surface area contributed by atoms with E-state index in [1.54, 1.807) is 23.1 Å². The van der Waals surface area contributed by atoms with E-state index in [1.807, 2.05) is 13.0 Å². The molecule has 1 aliphatic heterocycles. The number of nitrogens with zero attached hydrogens (tertiary/aromatic N) is 1. The second-order valence-corrected chi connectivity index (χ2v) is 6.43. The van der Waals surface area contributed by atoms with E-state index >= 15 is 0 Å². The SMILES string of the molecule is Cc1cc2c(cc1N)N(C(=O)c1ccc(Br)c(Cl)c1)CC2. The van der Waals surface area contributed by atoms with Gasteiger partial charge in [0.25, 0.3) is 5.91 Å². The molecule has 0 atom stereocenters. The Balaban J connectivity index is 1.98. The second-order valence-electron chi connectivity index (χ2n) is 5.17. The minimum atomic E-state index is -0.0496. The van der Waals surface area contributed by atoms with Gasteiger partial charge in [0, 0.05) is 28.0 Å². The molecule has 0 saturated heterocycles. The fraction of sp³-hybridized carbons (Fsp3) is 0.188. The maximum atomic E-state index is 12.7. The van der Waals surface area contributed by atoms with E-state index in [2.05, 4.69) is 22.0 Å². The van der Waals surface area contributed by atoms with Crippen LogP contribution in [0.15, 0.2) is 34.8 Å². The number of halogens is 2. The van der Waals surface area contributed by atoms with E-state index in [-0.39, 0.29) is 5.91 Å². The number of amides is 1. The largest absolute Gasteiger partial charge is 0.398 e. The average Bonchev–Trinajstić information content (AvgIpc) is 2.84. The van der Waals surface area contributed by atoms with Gasteiger partial charge in [0.15, 0.2) is 0 Å². The first kappa shape index (κ1) is 14.4. The molecule has 0 spiro atoms. The molecule has 2 aromatic rings. The first-order valence-electron chi connectivity index (χ1n) is 6.63. The van der Waals surface area contributed by atoms with Gasteiger partial charge in [-0.05, 0) is 64.7 Å². The van der Waals surface area contributed by atoms with Crippen molar-refractivity contribution in [3.8, 4) is 0 Å². The molecule has 5 heteroatoms. The highest BCUT2D eigenvalue weighted by molar-refractivity contribution is 9.10. The number of carbonyl (C=O) groups is 1. The van der Waals surface area contributed by atoms with E-state index in [0.717, 1.165) is 22.1 Å². The lowest BCUT2D eigenvalue weighted by atomic mass is 10.1. The maximum Gasteiger partial charge on any atom is 0.258 e. The van der Waals surface area contributed by atoms with Crippen LogP contribution in [0, 0.1) is 6.92 Å². The molecule has 1 aliphatic rings. The molecule has 0 unspecified atom stereocenters. The molecule has 0 saturated carbocycles. The Morgan fingerprint density at radius 1 is 1.33 bits per heavy atom. The summed E-state index contributed by atoms with van der Waals surface area (Å²) in [6.45, 7) is 2.65. The number of carbonyl (C=O) groups excluding carboxylic acids is 1. The first-order valence-corrected chi connectivity index (χ1v) is 7.80. The molecule has 3 nitrogen and oxygen atoms in total. The third-order valence-electron chi connectivity index (χ3n) is 3.77. The van der Waals surface area contributed by atoms with Crippen molar-refractivity contribution in [1.29, 1.82) is 0 Å². The van der Waals surface area contributed by atoms with Crippen molar-refractivity contribution in [2.75, 3.05) is 17.2 Å². The smallest absolute Gasteiger partial charge is 0.258 e. The molecule has 2 N–H and O–H groups in total. The standard InChI is InChI=1S/C16H14BrClN2O/c1-9-6-10-4-5-20(15(10)8-14(9)19)16(21)11-2-3-12(17)13(18)7-11/h2-3,6-8H,4-5,19H2,1H3. The molecule has 1 amide bonds. The number of nitrogens with two attached hydrogens (primary N) is 1. The predicted octanol–water partition coefficient (Wildman–Crippen LogP) is 4.20. The Hall–Kier alpha value is -1.52. The van der Waals surface area contributed by atoms with Crippen LogP contribution in [0.3, 0.4) is 0 Å². The van der Waals surface area contributed by atoms with Gasteiger partial charge in [0.1, 0.15) is 0 Å². The summed E-state index contributed by atoms with van der Waals surface area (Å²) in [6, 6.07) is 9.19. The molecular weight excluding hydrogens is 352 g/mol. The Labute approximate surface area is 136 Å². The number of hydrogen-bond donors (Lipinski definition) is 1. The summed E-state index contributed by atoms with van der Waals surface area (Å²) in [4.78, 5) is 14.4. The zero-order chi connectivity index (χ0) is 15.1. The maximum absolute atomic E-state index is 12.7. The fourth-order valence-corrected chi connectivity index (χ4v) is 3.00. The van der Waals surface area contributed by atoms with Crippen molar-refractivity contribution >= 4 is 44.8 Å². The van der Waals surface area contributed by atoms with Crippen molar-refractivity contribution in [3.05, 3.63) is 56.5 Å². The number of benzene rings is 2. The minimum absolute atomic E-state index is 0.0496.